The topological polar surface area (TPSA) is 26.0 Å². The van der Waals surface area contributed by atoms with Crippen LogP contribution in [0.4, 0.5) is 14.5 Å². The first-order valence-corrected chi connectivity index (χ1v) is 6.31. The number of halogens is 2. The molecule has 2 aromatic rings. The van der Waals surface area contributed by atoms with Crippen LogP contribution in [0.15, 0.2) is 36.4 Å². The first-order valence-electron chi connectivity index (χ1n) is 6.31. The molecule has 3 heteroatoms. The Balaban J connectivity index is 2.34. The van der Waals surface area contributed by atoms with Gasteiger partial charge in [-0.1, -0.05) is 38.1 Å². The lowest BCUT2D eigenvalue weighted by Crippen LogP contribution is -1.96. The number of hydrogen-bond donors (Lipinski definition) is 1. The van der Waals surface area contributed by atoms with Crippen molar-refractivity contribution in [2.24, 2.45) is 5.92 Å². The molecule has 0 aliphatic carbocycles. The van der Waals surface area contributed by atoms with Gasteiger partial charge < -0.3 is 5.73 Å². The second-order valence-corrected chi connectivity index (χ2v) is 5.15. The normalized spacial score (nSPS) is 11.0. The maximum atomic E-state index is 13.8. The fourth-order valence-corrected chi connectivity index (χ4v) is 2.08. The Bertz CT molecular complexity index is 574. The van der Waals surface area contributed by atoms with Gasteiger partial charge in [-0.2, -0.15) is 0 Å². The quantitative estimate of drug-likeness (QED) is 0.813. The SMILES string of the molecule is CC(C)Cc1ccc(-c2cc(F)c(N)cc2F)cc1. The van der Waals surface area contributed by atoms with Crippen molar-refractivity contribution < 1.29 is 8.78 Å². The molecule has 2 rings (SSSR count). The molecule has 0 saturated carbocycles. The first kappa shape index (κ1) is 13.5. The van der Waals surface area contributed by atoms with Gasteiger partial charge in [0.15, 0.2) is 0 Å². The minimum absolute atomic E-state index is 0.169. The molecule has 2 aromatic carbocycles. The van der Waals surface area contributed by atoms with Crippen LogP contribution in [-0.4, -0.2) is 0 Å². The molecule has 0 fully saturated rings. The summed E-state index contributed by atoms with van der Waals surface area (Å²) in [5.74, 6) is -0.533. The van der Waals surface area contributed by atoms with Crippen LogP contribution in [0.25, 0.3) is 11.1 Å². The zero-order valence-corrected chi connectivity index (χ0v) is 11.1. The Kier molecular flexibility index (Phi) is 3.84. The van der Waals surface area contributed by atoms with E-state index < -0.39 is 11.6 Å². The second kappa shape index (κ2) is 5.39. The largest absolute Gasteiger partial charge is 0.396 e. The highest BCUT2D eigenvalue weighted by Gasteiger charge is 2.10. The van der Waals surface area contributed by atoms with Crippen LogP contribution < -0.4 is 5.73 Å². The van der Waals surface area contributed by atoms with Gasteiger partial charge in [0, 0.05) is 11.6 Å². The van der Waals surface area contributed by atoms with Gasteiger partial charge >= 0.3 is 0 Å². The summed E-state index contributed by atoms with van der Waals surface area (Å²) in [5.41, 5.74) is 7.25. The van der Waals surface area contributed by atoms with Crippen LogP contribution in [0.2, 0.25) is 0 Å². The van der Waals surface area contributed by atoms with Crippen LogP contribution in [-0.2, 0) is 6.42 Å². The van der Waals surface area contributed by atoms with Gasteiger partial charge in [0.2, 0.25) is 0 Å². The van der Waals surface area contributed by atoms with Crippen molar-refractivity contribution >= 4 is 5.69 Å². The maximum Gasteiger partial charge on any atom is 0.146 e. The highest BCUT2D eigenvalue weighted by atomic mass is 19.1. The van der Waals surface area contributed by atoms with Gasteiger partial charge in [0.1, 0.15) is 11.6 Å². The van der Waals surface area contributed by atoms with E-state index in [-0.39, 0.29) is 11.3 Å². The average Bonchev–Trinajstić information content (AvgIpc) is 2.34. The van der Waals surface area contributed by atoms with Crippen molar-refractivity contribution in [3.05, 3.63) is 53.6 Å². The van der Waals surface area contributed by atoms with Gasteiger partial charge in [-0.15, -0.1) is 0 Å². The number of nitrogens with two attached hydrogens (primary N) is 1. The Morgan fingerprint density at radius 2 is 1.63 bits per heavy atom. The standard InChI is InChI=1S/C16H17F2N/c1-10(2)7-11-3-5-12(6-4-11)13-8-15(18)16(19)9-14(13)17/h3-6,8-10H,7,19H2,1-2H3. The van der Waals surface area contributed by atoms with Crippen LogP contribution in [0.3, 0.4) is 0 Å². The van der Waals surface area contributed by atoms with Crippen LogP contribution in [0, 0.1) is 17.6 Å². The van der Waals surface area contributed by atoms with Crippen molar-refractivity contribution in [3.63, 3.8) is 0 Å². The third kappa shape index (κ3) is 3.11. The monoisotopic (exact) mass is 261 g/mol. The molecular weight excluding hydrogens is 244 g/mol. The van der Waals surface area contributed by atoms with E-state index in [1.807, 2.05) is 24.3 Å². The molecule has 2 N–H and O–H groups in total. The second-order valence-electron chi connectivity index (χ2n) is 5.15. The van der Waals surface area contributed by atoms with Gasteiger partial charge in [0.25, 0.3) is 0 Å². The van der Waals surface area contributed by atoms with E-state index in [2.05, 4.69) is 13.8 Å². The van der Waals surface area contributed by atoms with Crippen LogP contribution in [0.1, 0.15) is 19.4 Å². The van der Waals surface area contributed by atoms with Gasteiger partial charge in [-0.05, 0) is 29.5 Å². The molecule has 0 unspecified atom stereocenters. The molecule has 0 aliphatic heterocycles. The summed E-state index contributed by atoms with van der Waals surface area (Å²) in [4.78, 5) is 0. The first-order chi connectivity index (χ1) is 8.97. The lowest BCUT2D eigenvalue weighted by molar-refractivity contribution is 0.607. The van der Waals surface area contributed by atoms with Crippen molar-refractivity contribution in [3.8, 4) is 11.1 Å². The molecule has 0 bridgehead atoms. The van der Waals surface area contributed by atoms with Crippen molar-refractivity contribution in [2.45, 2.75) is 20.3 Å². The van der Waals surface area contributed by atoms with Crippen LogP contribution in [0.5, 0.6) is 0 Å². The summed E-state index contributed by atoms with van der Waals surface area (Å²) in [6, 6.07) is 9.68. The molecule has 0 amide bonds. The minimum Gasteiger partial charge on any atom is -0.396 e. The van der Waals surface area contributed by atoms with Crippen molar-refractivity contribution in [1.82, 2.24) is 0 Å². The molecule has 0 atom stereocenters. The zero-order chi connectivity index (χ0) is 14.0. The highest BCUT2D eigenvalue weighted by molar-refractivity contribution is 5.67. The van der Waals surface area contributed by atoms with Gasteiger partial charge in [-0.25, -0.2) is 8.78 Å². The lowest BCUT2D eigenvalue weighted by atomic mass is 9.98. The predicted octanol–water partition coefficient (Wildman–Crippen LogP) is 4.41. The Morgan fingerprint density at radius 1 is 1.00 bits per heavy atom. The van der Waals surface area contributed by atoms with E-state index in [1.165, 1.54) is 5.56 Å². The lowest BCUT2D eigenvalue weighted by Gasteiger charge is -2.08. The molecule has 0 aromatic heterocycles. The molecule has 19 heavy (non-hydrogen) atoms. The van der Waals surface area contributed by atoms with Crippen molar-refractivity contribution in [1.29, 1.82) is 0 Å². The minimum atomic E-state index is -0.595. The third-order valence-electron chi connectivity index (χ3n) is 3.00. The Morgan fingerprint density at radius 3 is 2.21 bits per heavy atom. The van der Waals surface area contributed by atoms with Gasteiger partial charge in [-0.3, -0.25) is 0 Å². The molecule has 0 radical (unpaired) electrons. The number of hydrogen-bond acceptors (Lipinski definition) is 1. The molecule has 0 spiro atoms. The Hall–Kier alpha value is -1.90. The summed E-state index contributed by atoms with van der Waals surface area (Å²) in [7, 11) is 0. The molecule has 0 heterocycles. The molecule has 0 saturated heterocycles. The van der Waals surface area contributed by atoms with E-state index in [9.17, 15) is 8.78 Å². The summed E-state index contributed by atoms with van der Waals surface area (Å²) in [6.07, 6.45) is 0.971. The average molecular weight is 261 g/mol. The molecular formula is C16H17F2N. The van der Waals surface area contributed by atoms with E-state index in [1.54, 1.807) is 0 Å². The summed E-state index contributed by atoms with van der Waals surface area (Å²) in [6.45, 7) is 4.28. The number of rotatable bonds is 3. The summed E-state index contributed by atoms with van der Waals surface area (Å²) >= 11 is 0. The third-order valence-corrected chi connectivity index (χ3v) is 3.00. The number of benzene rings is 2. The number of anilines is 1. The van der Waals surface area contributed by atoms with E-state index >= 15 is 0 Å². The fourth-order valence-electron chi connectivity index (χ4n) is 2.08. The highest BCUT2D eigenvalue weighted by Crippen LogP contribution is 2.27. The van der Waals surface area contributed by atoms with Gasteiger partial charge in [0.05, 0.1) is 5.69 Å². The molecule has 1 nitrogen and oxygen atoms in total. The smallest absolute Gasteiger partial charge is 0.146 e. The predicted molar refractivity (Wildman–Crippen MR) is 74.7 cm³/mol. The fraction of sp³-hybridized carbons (Fsp3) is 0.250. The number of nitrogen functional groups attached to an aromatic ring is 1. The molecule has 100 valence electrons. The maximum absolute atomic E-state index is 13.8. The van der Waals surface area contributed by atoms with E-state index in [0.29, 0.717) is 11.5 Å². The molecule has 0 aliphatic rings. The van der Waals surface area contributed by atoms with E-state index in [0.717, 1.165) is 18.6 Å². The van der Waals surface area contributed by atoms with Crippen LogP contribution >= 0.6 is 0 Å². The summed E-state index contributed by atoms with van der Waals surface area (Å²) < 4.78 is 27.2. The zero-order valence-electron chi connectivity index (χ0n) is 11.1. The Labute approximate surface area is 112 Å². The van der Waals surface area contributed by atoms with Crippen molar-refractivity contribution in [2.75, 3.05) is 5.73 Å². The van der Waals surface area contributed by atoms with E-state index in [4.69, 9.17) is 5.73 Å². The summed E-state index contributed by atoms with van der Waals surface area (Å²) in [5, 5.41) is 0.